The molecular weight excluding hydrogens is 367 g/mol. The highest BCUT2D eigenvalue weighted by atomic mass is 35.5. The van der Waals surface area contributed by atoms with Gasteiger partial charge in [0.1, 0.15) is 11.9 Å². The maximum Gasteiger partial charge on any atom is 0.242 e. The number of carbonyl (C=O) groups excluding carboxylic acids is 2. The van der Waals surface area contributed by atoms with Gasteiger partial charge in [-0.05, 0) is 42.7 Å². The Bertz CT molecular complexity index is 780. The first-order chi connectivity index (χ1) is 13.0. The van der Waals surface area contributed by atoms with Gasteiger partial charge < -0.3 is 10.2 Å². The molecule has 0 bridgehead atoms. The Morgan fingerprint density at radius 3 is 2.37 bits per heavy atom. The van der Waals surface area contributed by atoms with E-state index >= 15 is 0 Å². The standard InChI is InChI=1S/C21H24ClFN2O2/c1-3-19(21(27)24-4-2)25(14-15-9-11-17(23)12-10-15)20(26)13-16-7-5-6-8-18(16)22/h5-12,19H,3-4,13-14H2,1-2H3,(H,24,27). The largest absolute Gasteiger partial charge is 0.355 e. The second-order valence-corrected chi connectivity index (χ2v) is 6.64. The molecule has 0 heterocycles. The van der Waals surface area contributed by atoms with Crippen LogP contribution in [0.4, 0.5) is 4.39 Å². The smallest absolute Gasteiger partial charge is 0.242 e. The van der Waals surface area contributed by atoms with E-state index in [0.717, 1.165) is 5.56 Å². The van der Waals surface area contributed by atoms with Gasteiger partial charge in [0.05, 0.1) is 6.42 Å². The average Bonchev–Trinajstić information content (AvgIpc) is 2.65. The summed E-state index contributed by atoms with van der Waals surface area (Å²) in [6.07, 6.45) is 0.568. The van der Waals surface area contributed by atoms with Gasteiger partial charge in [-0.25, -0.2) is 4.39 Å². The molecule has 0 aliphatic heterocycles. The molecule has 2 aromatic rings. The van der Waals surface area contributed by atoms with E-state index in [2.05, 4.69) is 5.32 Å². The van der Waals surface area contributed by atoms with Crippen molar-refractivity contribution in [2.24, 2.45) is 0 Å². The Labute approximate surface area is 164 Å². The lowest BCUT2D eigenvalue weighted by Crippen LogP contribution is -2.49. The summed E-state index contributed by atoms with van der Waals surface area (Å²) in [5, 5.41) is 3.30. The van der Waals surface area contributed by atoms with Crippen LogP contribution in [0.15, 0.2) is 48.5 Å². The van der Waals surface area contributed by atoms with Crippen molar-refractivity contribution in [3.63, 3.8) is 0 Å². The van der Waals surface area contributed by atoms with E-state index in [-0.39, 0.29) is 30.6 Å². The Morgan fingerprint density at radius 2 is 1.78 bits per heavy atom. The van der Waals surface area contributed by atoms with Crippen LogP contribution in [-0.2, 0) is 22.6 Å². The van der Waals surface area contributed by atoms with Crippen LogP contribution in [0.5, 0.6) is 0 Å². The van der Waals surface area contributed by atoms with Gasteiger partial charge in [0.25, 0.3) is 0 Å². The van der Waals surface area contributed by atoms with Crippen LogP contribution in [0.2, 0.25) is 5.02 Å². The van der Waals surface area contributed by atoms with Gasteiger partial charge in [-0.15, -0.1) is 0 Å². The number of rotatable bonds is 8. The number of nitrogens with zero attached hydrogens (tertiary/aromatic N) is 1. The van der Waals surface area contributed by atoms with Crippen molar-refractivity contribution in [3.05, 3.63) is 70.5 Å². The fourth-order valence-electron chi connectivity index (χ4n) is 2.90. The normalized spacial score (nSPS) is 11.7. The van der Waals surface area contributed by atoms with Gasteiger partial charge >= 0.3 is 0 Å². The third-order valence-electron chi connectivity index (χ3n) is 4.30. The summed E-state index contributed by atoms with van der Waals surface area (Å²) in [6, 6.07) is 12.5. The first-order valence-electron chi connectivity index (χ1n) is 9.01. The van der Waals surface area contributed by atoms with E-state index < -0.39 is 6.04 Å². The summed E-state index contributed by atoms with van der Waals surface area (Å²) >= 11 is 6.18. The lowest BCUT2D eigenvalue weighted by Gasteiger charge is -2.30. The van der Waals surface area contributed by atoms with Gasteiger partial charge in [0, 0.05) is 18.1 Å². The zero-order chi connectivity index (χ0) is 19.8. The lowest BCUT2D eigenvalue weighted by molar-refractivity contribution is -0.140. The number of carbonyl (C=O) groups is 2. The SMILES string of the molecule is CCNC(=O)C(CC)N(Cc1ccc(F)cc1)C(=O)Cc1ccccc1Cl. The Hall–Kier alpha value is -2.40. The van der Waals surface area contributed by atoms with E-state index in [9.17, 15) is 14.0 Å². The number of halogens is 2. The highest BCUT2D eigenvalue weighted by molar-refractivity contribution is 6.31. The molecule has 0 aliphatic carbocycles. The monoisotopic (exact) mass is 390 g/mol. The lowest BCUT2D eigenvalue weighted by atomic mass is 10.1. The quantitative estimate of drug-likeness (QED) is 0.741. The summed E-state index contributed by atoms with van der Waals surface area (Å²) < 4.78 is 13.2. The van der Waals surface area contributed by atoms with E-state index in [0.29, 0.717) is 23.6 Å². The van der Waals surface area contributed by atoms with E-state index in [1.807, 2.05) is 19.9 Å². The summed E-state index contributed by atoms with van der Waals surface area (Å²) in [5.74, 6) is -0.747. The van der Waals surface area contributed by atoms with E-state index in [4.69, 9.17) is 11.6 Å². The molecule has 0 radical (unpaired) electrons. The zero-order valence-corrected chi connectivity index (χ0v) is 16.3. The van der Waals surface area contributed by atoms with Crippen LogP contribution in [0.3, 0.4) is 0 Å². The van der Waals surface area contributed by atoms with Crippen molar-refractivity contribution in [3.8, 4) is 0 Å². The van der Waals surface area contributed by atoms with Gasteiger partial charge in [0.15, 0.2) is 0 Å². The molecule has 1 N–H and O–H groups in total. The highest BCUT2D eigenvalue weighted by Gasteiger charge is 2.28. The Morgan fingerprint density at radius 1 is 1.11 bits per heavy atom. The predicted octanol–water partition coefficient (Wildman–Crippen LogP) is 3.97. The molecule has 6 heteroatoms. The first kappa shape index (κ1) is 20.9. The maximum absolute atomic E-state index is 13.2. The van der Waals surface area contributed by atoms with Crippen LogP contribution >= 0.6 is 11.6 Å². The number of nitrogens with one attached hydrogen (secondary N) is 1. The fraction of sp³-hybridized carbons (Fsp3) is 0.333. The van der Waals surface area contributed by atoms with Crippen LogP contribution in [-0.4, -0.2) is 29.3 Å². The minimum Gasteiger partial charge on any atom is -0.355 e. The summed E-state index contributed by atoms with van der Waals surface area (Å²) in [6.45, 7) is 4.40. The van der Waals surface area contributed by atoms with Crippen molar-refractivity contribution in [1.29, 1.82) is 0 Å². The zero-order valence-electron chi connectivity index (χ0n) is 15.5. The Kier molecular flexibility index (Phi) is 7.80. The maximum atomic E-state index is 13.2. The number of amides is 2. The molecule has 2 rings (SSSR count). The van der Waals surface area contributed by atoms with Crippen LogP contribution in [0.25, 0.3) is 0 Å². The molecule has 0 saturated carbocycles. The summed E-state index contributed by atoms with van der Waals surface area (Å²) in [7, 11) is 0. The molecule has 2 aromatic carbocycles. The predicted molar refractivity (Wildman–Crippen MR) is 105 cm³/mol. The number of hydrogen-bond acceptors (Lipinski definition) is 2. The molecule has 2 amide bonds. The molecule has 1 unspecified atom stereocenters. The van der Waals surface area contributed by atoms with Crippen molar-refractivity contribution in [2.75, 3.05) is 6.54 Å². The molecule has 1 atom stereocenters. The second kappa shape index (κ2) is 10.1. The van der Waals surface area contributed by atoms with Gasteiger partial charge in [-0.2, -0.15) is 0 Å². The van der Waals surface area contributed by atoms with E-state index in [1.165, 1.54) is 12.1 Å². The van der Waals surface area contributed by atoms with Gasteiger partial charge in [0.2, 0.25) is 11.8 Å². The van der Waals surface area contributed by atoms with Crippen molar-refractivity contribution in [2.45, 2.75) is 39.3 Å². The number of likely N-dealkylation sites (N-methyl/N-ethyl adjacent to an activating group) is 1. The molecule has 0 fully saturated rings. The van der Waals surface area contributed by atoms with Crippen molar-refractivity contribution in [1.82, 2.24) is 10.2 Å². The van der Waals surface area contributed by atoms with E-state index in [1.54, 1.807) is 35.2 Å². The van der Waals surface area contributed by atoms with Gasteiger partial charge in [-0.3, -0.25) is 9.59 Å². The fourth-order valence-corrected chi connectivity index (χ4v) is 3.11. The minimum absolute atomic E-state index is 0.0940. The Balaban J connectivity index is 2.29. The summed E-state index contributed by atoms with van der Waals surface area (Å²) in [4.78, 5) is 27.1. The van der Waals surface area contributed by atoms with Crippen LogP contribution < -0.4 is 5.32 Å². The number of benzene rings is 2. The van der Waals surface area contributed by atoms with Gasteiger partial charge in [-0.1, -0.05) is 48.9 Å². The van der Waals surface area contributed by atoms with Crippen molar-refractivity contribution >= 4 is 23.4 Å². The number of hydrogen-bond donors (Lipinski definition) is 1. The van der Waals surface area contributed by atoms with Crippen LogP contribution in [0, 0.1) is 5.82 Å². The molecule has 0 aliphatic rings. The molecule has 27 heavy (non-hydrogen) atoms. The molecule has 0 saturated heterocycles. The second-order valence-electron chi connectivity index (χ2n) is 6.23. The van der Waals surface area contributed by atoms with Crippen molar-refractivity contribution < 1.29 is 14.0 Å². The molecule has 144 valence electrons. The third kappa shape index (κ3) is 5.79. The first-order valence-corrected chi connectivity index (χ1v) is 9.39. The molecule has 4 nitrogen and oxygen atoms in total. The van der Waals surface area contributed by atoms with Crippen LogP contribution in [0.1, 0.15) is 31.4 Å². The summed E-state index contributed by atoms with van der Waals surface area (Å²) in [5.41, 5.74) is 1.46. The molecule has 0 spiro atoms. The third-order valence-corrected chi connectivity index (χ3v) is 4.67. The topological polar surface area (TPSA) is 49.4 Å². The average molecular weight is 391 g/mol. The highest BCUT2D eigenvalue weighted by Crippen LogP contribution is 2.19. The molecular formula is C21H24ClFN2O2. The minimum atomic E-state index is -0.606. The molecule has 0 aromatic heterocycles.